The van der Waals surface area contributed by atoms with Crippen molar-refractivity contribution >= 4 is 12.0 Å². The van der Waals surface area contributed by atoms with Crippen LogP contribution in [0.5, 0.6) is 0 Å². The minimum absolute atomic E-state index is 0.178. The zero-order valence-electron chi connectivity index (χ0n) is 8.55. The molecule has 0 aromatic carbocycles. The van der Waals surface area contributed by atoms with Crippen molar-refractivity contribution in [3.63, 3.8) is 0 Å². The highest BCUT2D eigenvalue weighted by Gasteiger charge is 2.03. The van der Waals surface area contributed by atoms with Gasteiger partial charge in [-0.1, -0.05) is 6.58 Å². The van der Waals surface area contributed by atoms with E-state index in [0.717, 1.165) is 0 Å². The smallest absolute Gasteiger partial charge is 0.318 e. The average molecular weight is 200 g/mol. The molecule has 80 valence electrons. The number of carbonyl (C=O) groups is 2. The van der Waals surface area contributed by atoms with Gasteiger partial charge in [0.2, 0.25) is 0 Å². The second kappa shape index (κ2) is 6.94. The third-order valence-electron chi connectivity index (χ3n) is 1.25. The van der Waals surface area contributed by atoms with E-state index in [1.54, 1.807) is 13.8 Å². The molecule has 0 fully saturated rings. The van der Waals surface area contributed by atoms with Crippen molar-refractivity contribution in [3.05, 3.63) is 12.3 Å². The maximum Gasteiger partial charge on any atom is 0.318 e. The number of hydrogen-bond acceptors (Lipinski definition) is 3. The minimum Gasteiger partial charge on any atom is -0.466 e. The monoisotopic (exact) mass is 200 g/mol. The third-order valence-corrected chi connectivity index (χ3v) is 1.25. The largest absolute Gasteiger partial charge is 0.466 e. The molecule has 0 bridgehead atoms. The van der Waals surface area contributed by atoms with Crippen molar-refractivity contribution in [3.8, 4) is 0 Å². The Morgan fingerprint density at radius 3 is 2.57 bits per heavy atom. The first-order valence-electron chi connectivity index (χ1n) is 4.42. The highest BCUT2D eigenvalue weighted by atomic mass is 16.5. The number of allylic oxidation sites excluding steroid dienone is 1. The van der Waals surface area contributed by atoms with E-state index in [2.05, 4.69) is 21.9 Å². The summed E-state index contributed by atoms with van der Waals surface area (Å²) in [5, 5.41) is 4.94. The van der Waals surface area contributed by atoms with E-state index in [1.807, 2.05) is 0 Å². The second-order valence-electron chi connectivity index (χ2n) is 2.72. The summed E-state index contributed by atoms with van der Waals surface area (Å²) in [6, 6.07) is -0.359. The lowest BCUT2D eigenvalue weighted by atomic mass is 10.4. The Kier molecular flexibility index (Phi) is 6.19. The lowest BCUT2D eigenvalue weighted by molar-refractivity contribution is -0.142. The summed E-state index contributed by atoms with van der Waals surface area (Å²) in [7, 11) is 0. The van der Waals surface area contributed by atoms with Crippen LogP contribution in [0.4, 0.5) is 4.79 Å². The van der Waals surface area contributed by atoms with Crippen molar-refractivity contribution < 1.29 is 14.3 Å². The molecular formula is C9H16N2O3. The molecule has 0 aliphatic heterocycles. The first kappa shape index (κ1) is 12.5. The first-order valence-corrected chi connectivity index (χ1v) is 4.42. The molecule has 0 aromatic rings. The van der Waals surface area contributed by atoms with Gasteiger partial charge in [0.25, 0.3) is 0 Å². The topological polar surface area (TPSA) is 67.4 Å². The van der Waals surface area contributed by atoms with Crippen LogP contribution in [0.15, 0.2) is 12.3 Å². The standard InChI is InChI=1S/C9H16N2O3/c1-4-14-8(12)5-6-10-9(13)11-7(2)3/h2,4-6H2,1,3H3,(H2,10,11,13). The Hall–Kier alpha value is -1.52. The van der Waals surface area contributed by atoms with Gasteiger partial charge in [-0.25, -0.2) is 4.79 Å². The van der Waals surface area contributed by atoms with Gasteiger partial charge in [0.1, 0.15) is 0 Å². The summed E-state index contributed by atoms with van der Waals surface area (Å²) >= 11 is 0. The van der Waals surface area contributed by atoms with Crippen LogP contribution in [0.3, 0.4) is 0 Å². The fraction of sp³-hybridized carbons (Fsp3) is 0.556. The second-order valence-corrected chi connectivity index (χ2v) is 2.72. The van der Waals surface area contributed by atoms with Crippen LogP contribution in [0.2, 0.25) is 0 Å². The lowest BCUT2D eigenvalue weighted by Crippen LogP contribution is -2.35. The normalized spacial score (nSPS) is 9.00. The third kappa shape index (κ3) is 7.15. The zero-order chi connectivity index (χ0) is 11.0. The number of nitrogens with one attached hydrogen (secondary N) is 2. The summed E-state index contributed by atoms with van der Waals surface area (Å²) < 4.78 is 4.68. The summed E-state index contributed by atoms with van der Waals surface area (Å²) in [5.74, 6) is -0.317. The molecular weight excluding hydrogens is 184 g/mol. The molecule has 0 saturated heterocycles. The van der Waals surface area contributed by atoms with Gasteiger partial charge in [0.05, 0.1) is 13.0 Å². The Bertz CT molecular complexity index is 226. The summed E-state index contributed by atoms with van der Waals surface area (Å²) in [6.07, 6.45) is 0.178. The van der Waals surface area contributed by atoms with Gasteiger partial charge in [-0.05, 0) is 13.8 Å². The van der Waals surface area contributed by atoms with E-state index in [0.29, 0.717) is 12.3 Å². The highest BCUT2D eigenvalue weighted by molar-refractivity contribution is 5.76. The molecule has 0 aliphatic rings. The molecule has 2 N–H and O–H groups in total. The van der Waals surface area contributed by atoms with E-state index in [-0.39, 0.29) is 25.0 Å². The summed E-state index contributed by atoms with van der Waals surface area (Å²) in [6.45, 7) is 7.53. The maximum atomic E-state index is 11.0. The molecule has 0 heterocycles. The van der Waals surface area contributed by atoms with E-state index >= 15 is 0 Å². The van der Waals surface area contributed by atoms with Crippen molar-refractivity contribution in [2.24, 2.45) is 0 Å². The first-order chi connectivity index (χ1) is 6.56. The summed E-state index contributed by atoms with van der Waals surface area (Å²) in [5.41, 5.74) is 0.554. The van der Waals surface area contributed by atoms with Gasteiger partial charge in [0, 0.05) is 12.2 Å². The SMILES string of the molecule is C=C(C)NC(=O)NCCC(=O)OCC. The molecule has 0 rings (SSSR count). The van der Waals surface area contributed by atoms with Gasteiger partial charge in [-0.15, -0.1) is 0 Å². The van der Waals surface area contributed by atoms with Crippen molar-refractivity contribution in [1.29, 1.82) is 0 Å². The molecule has 0 saturated carbocycles. The van der Waals surface area contributed by atoms with Crippen molar-refractivity contribution in [2.45, 2.75) is 20.3 Å². The average Bonchev–Trinajstić information content (AvgIpc) is 2.02. The Labute approximate surface area is 83.5 Å². The zero-order valence-corrected chi connectivity index (χ0v) is 8.55. The minimum atomic E-state index is -0.359. The number of urea groups is 1. The lowest BCUT2D eigenvalue weighted by Gasteiger charge is -2.06. The fourth-order valence-electron chi connectivity index (χ4n) is 0.749. The van der Waals surface area contributed by atoms with Crippen LogP contribution in [0, 0.1) is 0 Å². The summed E-state index contributed by atoms with van der Waals surface area (Å²) in [4.78, 5) is 21.8. The van der Waals surface area contributed by atoms with Crippen LogP contribution in [-0.2, 0) is 9.53 Å². The predicted molar refractivity (Wildman–Crippen MR) is 52.6 cm³/mol. The van der Waals surface area contributed by atoms with Crippen LogP contribution in [0.1, 0.15) is 20.3 Å². The molecule has 5 heteroatoms. The Morgan fingerprint density at radius 1 is 1.43 bits per heavy atom. The van der Waals surface area contributed by atoms with Gasteiger partial charge >= 0.3 is 12.0 Å². The molecule has 0 unspecified atom stereocenters. The van der Waals surface area contributed by atoms with Gasteiger partial charge in [0.15, 0.2) is 0 Å². The molecule has 0 radical (unpaired) electrons. The highest BCUT2D eigenvalue weighted by Crippen LogP contribution is 1.84. The molecule has 5 nitrogen and oxygen atoms in total. The molecule has 0 aliphatic carbocycles. The Morgan fingerprint density at radius 2 is 2.07 bits per heavy atom. The number of rotatable bonds is 5. The number of amides is 2. The quantitative estimate of drug-likeness (QED) is 0.644. The molecule has 14 heavy (non-hydrogen) atoms. The predicted octanol–water partition coefficient (Wildman–Crippen LogP) is 0.772. The van der Waals surface area contributed by atoms with Gasteiger partial charge < -0.3 is 15.4 Å². The maximum absolute atomic E-state index is 11.0. The van der Waals surface area contributed by atoms with E-state index in [9.17, 15) is 9.59 Å². The number of carbonyl (C=O) groups excluding carboxylic acids is 2. The molecule has 0 spiro atoms. The van der Waals surface area contributed by atoms with Crippen LogP contribution >= 0.6 is 0 Å². The van der Waals surface area contributed by atoms with E-state index < -0.39 is 0 Å². The van der Waals surface area contributed by atoms with Crippen LogP contribution < -0.4 is 10.6 Å². The molecule has 0 aromatic heterocycles. The fourth-order valence-corrected chi connectivity index (χ4v) is 0.749. The number of hydrogen-bond donors (Lipinski definition) is 2. The van der Waals surface area contributed by atoms with Crippen molar-refractivity contribution in [1.82, 2.24) is 10.6 Å². The van der Waals surface area contributed by atoms with Crippen LogP contribution in [-0.4, -0.2) is 25.2 Å². The van der Waals surface area contributed by atoms with Gasteiger partial charge in [-0.2, -0.15) is 0 Å². The number of ether oxygens (including phenoxy) is 1. The van der Waals surface area contributed by atoms with E-state index in [1.165, 1.54) is 0 Å². The number of esters is 1. The van der Waals surface area contributed by atoms with Crippen molar-refractivity contribution in [2.75, 3.05) is 13.2 Å². The molecule has 2 amide bonds. The van der Waals surface area contributed by atoms with Gasteiger partial charge in [-0.3, -0.25) is 4.79 Å². The Balaban J connectivity index is 3.49. The van der Waals surface area contributed by atoms with E-state index in [4.69, 9.17) is 0 Å². The van der Waals surface area contributed by atoms with Crippen LogP contribution in [0.25, 0.3) is 0 Å². The molecule has 0 atom stereocenters.